The van der Waals surface area contributed by atoms with Crippen LogP contribution in [0.15, 0.2) is 48.5 Å². The number of esters is 1. The Morgan fingerprint density at radius 3 is 2.31 bits per heavy atom. The molecule has 0 aromatic heterocycles. The molecule has 0 heterocycles. The fourth-order valence-electron chi connectivity index (χ4n) is 2.45. The SMILES string of the molecule is COc1cc(/C=C/C(=O)O[C@@H](C)C(=O)Nc2ccc(C)cc2)ccc1OC(C)C. The molecular formula is C23H27NO5. The molecule has 2 rings (SSSR count). The van der Waals surface area contributed by atoms with Gasteiger partial charge in [0.15, 0.2) is 17.6 Å². The number of carbonyl (C=O) groups excluding carboxylic acids is 2. The lowest BCUT2D eigenvalue weighted by Crippen LogP contribution is -2.29. The third kappa shape index (κ3) is 6.99. The molecule has 0 bridgehead atoms. The van der Waals surface area contributed by atoms with Crippen molar-refractivity contribution in [3.63, 3.8) is 0 Å². The number of nitrogens with one attached hydrogen (secondary N) is 1. The fourth-order valence-corrected chi connectivity index (χ4v) is 2.45. The summed E-state index contributed by atoms with van der Waals surface area (Å²) in [6, 6.07) is 12.7. The molecule has 6 heteroatoms. The van der Waals surface area contributed by atoms with Gasteiger partial charge in [-0.15, -0.1) is 0 Å². The van der Waals surface area contributed by atoms with Gasteiger partial charge in [-0.3, -0.25) is 4.79 Å². The van der Waals surface area contributed by atoms with Crippen LogP contribution in [0, 0.1) is 6.92 Å². The molecule has 0 aliphatic rings. The first-order valence-corrected chi connectivity index (χ1v) is 9.39. The Bertz CT molecular complexity index is 871. The first kappa shape index (κ1) is 22.0. The molecular weight excluding hydrogens is 370 g/mol. The number of anilines is 1. The summed E-state index contributed by atoms with van der Waals surface area (Å²) in [7, 11) is 1.55. The second kappa shape index (κ2) is 10.3. The van der Waals surface area contributed by atoms with Crippen LogP contribution >= 0.6 is 0 Å². The standard InChI is InChI=1S/C23H27NO5/c1-15(2)28-20-12-8-18(14-21(20)27-5)9-13-22(25)29-17(4)23(26)24-19-10-6-16(3)7-11-19/h6-15,17H,1-5H3,(H,24,26)/b13-9+/t17-/m0/s1. The number of aryl methyl sites for hydroxylation is 1. The van der Waals surface area contributed by atoms with Crippen molar-refractivity contribution in [3.8, 4) is 11.5 Å². The van der Waals surface area contributed by atoms with Gasteiger partial charge in [0.1, 0.15) is 0 Å². The number of benzene rings is 2. The van der Waals surface area contributed by atoms with E-state index >= 15 is 0 Å². The van der Waals surface area contributed by atoms with Crippen LogP contribution in [-0.2, 0) is 14.3 Å². The maximum atomic E-state index is 12.2. The van der Waals surface area contributed by atoms with Crippen molar-refractivity contribution in [2.24, 2.45) is 0 Å². The quantitative estimate of drug-likeness (QED) is 0.529. The van der Waals surface area contributed by atoms with Crippen LogP contribution < -0.4 is 14.8 Å². The Kier molecular flexibility index (Phi) is 7.83. The van der Waals surface area contributed by atoms with Crippen molar-refractivity contribution >= 4 is 23.6 Å². The van der Waals surface area contributed by atoms with E-state index in [4.69, 9.17) is 14.2 Å². The predicted octanol–water partition coefficient (Wildman–Crippen LogP) is 4.37. The highest BCUT2D eigenvalue weighted by atomic mass is 16.5. The van der Waals surface area contributed by atoms with Crippen LogP contribution in [0.2, 0.25) is 0 Å². The Morgan fingerprint density at radius 2 is 1.69 bits per heavy atom. The van der Waals surface area contributed by atoms with Crippen molar-refractivity contribution in [3.05, 3.63) is 59.7 Å². The maximum absolute atomic E-state index is 12.2. The lowest BCUT2D eigenvalue weighted by molar-refractivity contribution is -0.148. The van der Waals surface area contributed by atoms with E-state index in [1.807, 2.05) is 32.9 Å². The van der Waals surface area contributed by atoms with Gasteiger partial charge in [0.2, 0.25) is 0 Å². The van der Waals surface area contributed by atoms with Crippen LogP contribution in [-0.4, -0.2) is 31.2 Å². The largest absolute Gasteiger partial charge is 0.493 e. The van der Waals surface area contributed by atoms with Gasteiger partial charge in [0.05, 0.1) is 13.2 Å². The molecule has 0 radical (unpaired) electrons. The monoisotopic (exact) mass is 397 g/mol. The van der Waals surface area contributed by atoms with Crippen molar-refractivity contribution in [2.75, 3.05) is 12.4 Å². The van der Waals surface area contributed by atoms with Crippen LogP contribution in [0.4, 0.5) is 5.69 Å². The summed E-state index contributed by atoms with van der Waals surface area (Å²) in [5.74, 6) is 0.189. The molecule has 1 N–H and O–H groups in total. The summed E-state index contributed by atoms with van der Waals surface area (Å²) in [5, 5.41) is 2.71. The highest BCUT2D eigenvalue weighted by Gasteiger charge is 2.16. The summed E-state index contributed by atoms with van der Waals surface area (Å²) >= 11 is 0. The summed E-state index contributed by atoms with van der Waals surface area (Å²) in [6.45, 7) is 7.35. The van der Waals surface area contributed by atoms with Crippen LogP contribution in [0.1, 0.15) is 31.9 Å². The number of ether oxygens (including phenoxy) is 3. The second-order valence-electron chi connectivity index (χ2n) is 6.84. The molecule has 2 aromatic rings. The molecule has 6 nitrogen and oxygen atoms in total. The van der Waals surface area contributed by atoms with Gasteiger partial charge in [0.25, 0.3) is 5.91 Å². The van der Waals surface area contributed by atoms with Gasteiger partial charge in [-0.1, -0.05) is 23.8 Å². The van der Waals surface area contributed by atoms with Crippen molar-refractivity contribution in [2.45, 2.75) is 39.9 Å². The van der Waals surface area contributed by atoms with E-state index in [1.54, 1.807) is 43.5 Å². The Morgan fingerprint density at radius 1 is 1.00 bits per heavy atom. The van der Waals surface area contributed by atoms with E-state index in [-0.39, 0.29) is 6.10 Å². The average molecular weight is 397 g/mol. The van der Waals surface area contributed by atoms with E-state index < -0.39 is 18.0 Å². The first-order chi connectivity index (χ1) is 13.8. The zero-order valence-corrected chi connectivity index (χ0v) is 17.4. The van der Waals surface area contributed by atoms with Crippen molar-refractivity contribution in [1.29, 1.82) is 0 Å². The van der Waals surface area contributed by atoms with Gasteiger partial charge < -0.3 is 19.5 Å². The fraction of sp³-hybridized carbons (Fsp3) is 0.304. The Balaban J connectivity index is 1.94. The molecule has 0 saturated heterocycles. The lowest BCUT2D eigenvalue weighted by Gasteiger charge is -2.14. The topological polar surface area (TPSA) is 73.9 Å². The lowest BCUT2D eigenvalue weighted by atomic mass is 10.2. The first-order valence-electron chi connectivity index (χ1n) is 9.39. The van der Waals surface area contributed by atoms with Crippen LogP contribution in [0.3, 0.4) is 0 Å². The molecule has 0 aliphatic carbocycles. The van der Waals surface area contributed by atoms with E-state index in [1.165, 1.54) is 13.0 Å². The van der Waals surface area contributed by atoms with E-state index in [0.29, 0.717) is 17.2 Å². The molecule has 0 fully saturated rings. The summed E-state index contributed by atoms with van der Waals surface area (Å²) in [4.78, 5) is 24.2. The van der Waals surface area contributed by atoms with E-state index in [2.05, 4.69) is 5.32 Å². The molecule has 1 amide bonds. The molecule has 29 heavy (non-hydrogen) atoms. The molecule has 0 aliphatic heterocycles. The molecule has 2 aromatic carbocycles. The van der Waals surface area contributed by atoms with Crippen LogP contribution in [0.25, 0.3) is 6.08 Å². The van der Waals surface area contributed by atoms with Gasteiger partial charge >= 0.3 is 5.97 Å². The average Bonchev–Trinajstić information content (AvgIpc) is 2.68. The number of hydrogen-bond acceptors (Lipinski definition) is 5. The summed E-state index contributed by atoms with van der Waals surface area (Å²) in [6.07, 6.45) is 1.96. The van der Waals surface area contributed by atoms with Gasteiger partial charge in [0, 0.05) is 11.8 Å². The minimum Gasteiger partial charge on any atom is -0.493 e. The Hall–Kier alpha value is -3.28. The third-order valence-corrected chi connectivity index (χ3v) is 3.94. The maximum Gasteiger partial charge on any atom is 0.331 e. The molecule has 1 atom stereocenters. The number of amides is 1. The highest BCUT2D eigenvalue weighted by Crippen LogP contribution is 2.29. The second-order valence-corrected chi connectivity index (χ2v) is 6.84. The normalized spacial score (nSPS) is 11.9. The number of carbonyl (C=O) groups is 2. The molecule has 0 unspecified atom stereocenters. The van der Waals surface area contributed by atoms with Gasteiger partial charge in [-0.05, 0) is 63.6 Å². The van der Waals surface area contributed by atoms with Gasteiger partial charge in [-0.25, -0.2) is 4.79 Å². The summed E-state index contributed by atoms with van der Waals surface area (Å²) < 4.78 is 16.2. The number of rotatable bonds is 8. The molecule has 0 spiro atoms. The zero-order valence-electron chi connectivity index (χ0n) is 17.4. The highest BCUT2D eigenvalue weighted by molar-refractivity contribution is 5.96. The van der Waals surface area contributed by atoms with E-state index in [0.717, 1.165) is 11.1 Å². The number of hydrogen-bond donors (Lipinski definition) is 1. The number of methoxy groups -OCH3 is 1. The van der Waals surface area contributed by atoms with Crippen LogP contribution in [0.5, 0.6) is 11.5 Å². The predicted molar refractivity (Wildman–Crippen MR) is 113 cm³/mol. The Labute approximate surface area is 171 Å². The zero-order chi connectivity index (χ0) is 21.4. The minimum absolute atomic E-state index is 0.0211. The van der Waals surface area contributed by atoms with E-state index in [9.17, 15) is 9.59 Å². The smallest absolute Gasteiger partial charge is 0.331 e. The summed E-state index contributed by atoms with van der Waals surface area (Å²) in [5.41, 5.74) is 2.48. The van der Waals surface area contributed by atoms with Gasteiger partial charge in [-0.2, -0.15) is 0 Å². The molecule has 0 saturated carbocycles. The third-order valence-electron chi connectivity index (χ3n) is 3.94. The molecule has 154 valence electrons. The minimum atomic E-state index is -0.926. The van der Waals surface area contributed by atoms with Crippen molar-refractivity contribution < 1.29 is 23.8 Å². The van der Waals surface area contributed by atoms with Crippen molar-refractivity contribution in [1.82, 2.24) is 0 Å².